The number of rotatable bonds is 1. The number of aliphatic imine (C=N–C) groups is 1. The van der Waals surface area contributed by atoms with Gasteiger partial charge in [-0.2, -0.15) is 4.99 Å². The van der Waals surface area contributed by atoms with Gasteiger partial charge in [-0.25, -0.2) is 0 Å². The fraction of sp³-hybridized carbons (Fsp3) is 0.200. The van der Waals surface area contributed by atoms with Gasteiger partial charge in [-0.3, -0.25) is 4.79 Å². The lowest BCUT2D eigenvalue weighted by molar-refractivity contribution is 0.100. The van der Waals surface area contributed by atoms with Gasteiger partial charge < -0.3 is 0 Å². The van der Waals surface area contributed by atoms with Gasteiger partial charge in [0.15, 0.2) is 0 Å². The molecule has 0 heterocycles. The third kappa shape index (κ3) is 3.20. The molecule has 1 aromatic carbocycles. The minimum atomic E-state index is -0.177. The highest BCUT2D eigenvalue weighted by atomic mass is 32.2. The minimum Gasteiger partial charge on any atom is -0.267 e. The second kappa shape index (κ2) is 5.88. The van der Waals surface area contributed by atoms with E-state index in [-0.39, 0.29) is 5.91 Å². The van der Waals surface area contributed by atoms with Crippen molar-refractivity contribution in [1.82, 2.24) is 0 Å². The molecule has 0 spiro atoms. The molecule has 0 bridgehead atoms. The Balaban J connectivity index is 2.82. The van der Waals surface area contributed by atoms with Gasteiger partial charge in [-0.1, -0.05) is 18.2 Å². The van der Waals surface area contributed by atoms with Crippen molar-refractivity contribution in [2.45, 2.75) is 0 Å². The second-order valence-corrected chi connectivity index (χ2v) is 4.31. The average Bonchev–Trinajstić information content (AvgIpc) is 2.26. The standard InChI is InChI=1S/C10H11NOS2/c1-13-10(14-2)11-9(12)8-6-4-3-5-7-8/h3-7H,1-2H3. The van der Waals surface area contributed by atoms with Crippen molar-refractivity contribution in [3.8, 4) is 0 Å². The summed E-state index contributed by atoms with van der Waals surface area (Å²) < 4.78 is 0.791. The molecule has 0 aliphatic heterocycles. The molecule has 0 N–H and O–H groups in total. The fourth-order valence-electron chi connectivity index (χ4n) is 0.903. The Labute approximate surface area is 92.2 Å². The van der Waals surface area contributed by atoms with Gasteiger partial charge in [0.1, 0.15) is 4.38 Å². The van der Waals surface area contributed by atoms with Crippen LogP contribution in [0.5, 0.6) is 0 Å². The summed E-state index contributed by atoms with van der Waals surface area (Å²) in [6, 6.07) is 9.08. The first-order chi connectivity index (χ1) is 6.77. The van der Waals surface area contributed by atoms with Gasteiger partial charge in [0.25, 0.3) is 5.91 Å². The molecule has 0 aromatic heterocycles. The highest BCUT2D eigenvalue weighted by Gasteiger charge is 2.04. The topological polar surface area (TPSA) is 29.4 Å². The predicted molar refractivity (Wildman–Crippen MR) is 65.2 cm³/mol. The highest BCUT2D eigenvalue weighted by molar-refractivity contribution is 8.38. The molecule has 0 saturated heterocycles. The maximum absolute atomic E-state index is 11.6. The van der Waals surface area contributed by atoms with Crippen LogP contribution in [-0.2, 0) is 0 Å². The molecular formula is C10H11NOS2. The average molecular weight is 225 g/mol. The second-order valence-electron chi connectivity index (χ2n) is 2.46. The van der Waals surface area contributed by atoms with Crippen LogP contribution in [0.1, 0.15) is 10.4 Å². The number of hydrogen-bond acceptors (Lipinski definition) is 3. The molecule has 14 heavy (non-hydrogen) atoms. The van der Waals surface area contributed by atoms with Crippen molar-refractivity contribution in [1.29, 1.82) is 0 Å². The Morgan fingerprint density at radius 1 is 1.14 bits per heavy atom. The van der Waals surface area contributed by atoms with E-state index in [4.69, 9.17) is 0 Å². The third-order valence-electron chi connectivity index (χ3n) is 1.56. The van der Waals surface area contributed by atoms with Gasteiger partial charge in [-0.15, -0.1) is 23.5 Å². The van der Waals surface area contributed by atoms with Crippen molar-refractivity contribution in [2.75, 3.05) is 12.5 Å². The van der Waals surface area contributed by atoms with Crippen LogP contribution in [0.25, 0.3) is 0 Å². The molecule has 0 aliphatic carbocycles. The monoisotopic (exact) mass is 225 g/mol. The van der Waals surface area contributed by atoms with Crippen LogP contribution in [0.3, 0.4) is 0 Å². The van der Waals surface area contributed by atoms with Crippen molar-refractivity contribution >= 4 is 33.8 Å². The molecular weight excluding hydrogens is 214 g/mol. The fourth-order valence-corrected chi connectivity index (χ4v) is 1.92. The third-order valence-corrected chi connectivity index (χ3v) is 3.44. The first-order valence-corrected chi connectivity index (χ1v) is 6.49. The summed E-state index contributed by atoms with van der Waals surface area (Å²) >= 11 is 2.97. The summed E-state index contributed by atoms with van der Waals surface area (Å²) in [4.78, 5) is 15.5. The van der Waals surface area contributed by atoms with Crippen LogP contribution >= 0.6 is 23.5 Å². The summed E-state index contributed by atoms with van der Waals surface area (Å²) in [5.41, 5.74) is 0.633. The number of amides is 1. The van der Waals surface area contributed by atoms with Crippen LogP contribution in [0.4, 0.5) is 0 Å². The molecule has 1 rings (SSSR count). The van der Waals surface area contributed by atoms with Gasteiger partial charge >= 0.3 is 0 Å². The molecule has 1 aromatic rings. The van der Waals surface area contributed by atoms with Crippen LogP contribution in [-0.4, -0.2) is 22.8 Å². The molecule has 2 nitrogen and oxygen atoms in total. The highest BCUT2D eigenvalue weighted by Crippen LogP contribution is 2.12. The SMILES string of the molecule is CSC(=NC(=O)c1ccccc1)SC. The first-order valence-electron chi connectivity index (χ1n) is 4.04. The van der Waals surface area contributed by atoms with E-state index in [1.165, 1.54) is 23.5 Å². The predicted octanol–water partition coefficient (Wildman–Crippen LogP) is 2.91. The lowest BCUT2D eigenvalue weighted by Gasteiger charge is -1.97. The number of carbonyl (C=O) groups is 1. The summed E-state index contributed by atoms with van der Waals surface area (Å²) in [6.45, 7) is 0. The Bertz CT molecular complexity index is 329. The molecule has 74 valence electrons. The van der Waals surface area contributed by atoms with Crippen molar-refractivity contribution in [3.63, 3.8) is 0 Å². The Morgan fingerprint density at radius 3 is 2.21 bits per heavy atom. The Kier molecular flexibility index (Phi) is 4.76. The van der Waals surface area contributed by atoms with Gasteiger partial charge in [0, 0.05) is 5.56 Å². The molecule has 0 atom stereocenters. The van der Waals surface area contributed by atoms with E-state index < -0.39 is 0 Å². The Hall–Kier alpha value is -0.740. The van der Waals surface area contributed by atoms with Crippen molar-refractivity contribution < 1.29 is 4.79 Å². The van der Waals surface area contributed by atoms with Gasteiger partial charge in [-0.05, 0) is 24.6 Å². The maximum Gasteiger partial charge on any atom is 0.278 e. The lowest BCUT2D eigenvalue weighted by atomic mass is 10.2. The van der Waals surface area contributed by atoms with Crippen molar-refractivity contribution in [3.05, 3.63) is 35.9 Å². The first kappa shape index (κ1) is 11.3. The zero-order valence-corrected chi connectivity index (χ0v) is 9.69. The quantitative estimate of drug-likeness (QED) is 0.543. The normalized spacial score (nSPS) is 9.57. The van der Waals surface area contributed by atoms with Crippen molar-refractivity contribution in [2.24, 2.45) is 4.99 Å². The van der Waals surface area contributed by atoms with E-state index in [2.05, 4.69) is 4.99 Å². The van der Waals surface area contributed by atoms with E-state index in [0.29, 0.717) is 5.56 Å². The molecule has 1 amide bonds. The van der Waals surface area contributed by atoms with Crippen LogP contribution in [0, 0.1) is 0 Å². The zero-order valence-electron chi connectivity index (χ0n) is 8.06. The lowest BCUT2D eigenvalue weighted by Crippen LogP contribution is -1.97. The van der Waals surface area contributed by atoms with E-state index in [0.717, 1.165) is 4.38 Å². The molecule has 0 unspecified atom stereocenters. The van der Waals surface area contributed by atoms with E-state index in [1.807, 2.05) is 30.7 Å². The summed E-state index contributed by atoms with van der Waals surface area (Å²) in [5.74, 6) is -0.177. The molecule has 0 radical (unpaired) electrons. The van der Waals surface area contributed by atoms with E-state index in [9.17, 15) is 4.79 Å². The molecule has 0 fully saturated rings. The smallest absolute Gasteiger partial charge is 0.267 e. The number of nitrogens with zero attached hydrogens (tertiary/aromatic N) is 1. The zero-order chi connectivity index (χ0) is 10.4. The number of carbonyl (C=O) groups excluding carboxylic acids is 1. The summed E-state index contributed by atoms with van der Waals surface area (Å²) in [6.07, 6.45) is 3.82. The molecule has 4 heteroatoms. The number of thioether (sulfide) groups is 2. The van der Waals surface area contributed by atoms with E-state index >= 15 is 0 Å². The summed E-state index contributed by atoms with van der Waals surface area (Å²) in [5, 5.41) is 0. The van der Waals surface area contributed by atoms with Crippen LogP contribution in [0.2, 0.25) is 0 Å². The number of hydrogen-bond donors (Lipinski definition) is 0. The van der Waals surface area contributed by atoms with Gasteiger partial charge in [0.2, 0.25) is 0 Å². The maximum atomic E-state index is 11.6. The molecule has 0 saturated carbocycles. The largest absolute Gasteiger partial charge is 0.278 e. The number of benzene rings is 1. The van der Waals surface area contributed by atoms with Crippen LogP contribution < -0.4 is 0 Å². The van der Waals surface area contributed by atoms with Gasteiger partial charge in [0.05, 0.1) is 0 Å². The molecule has 0 aliphatic rings. The summed E-state index contributed by atoms with van der Waals surface area (Å²) in [7, 11) is 0. The van der Waals surface area contributed by atoms with Crippen LogP contribution in [0.15, 0.2) is 35.3 Å². The van der Waals surface area contributed by atoms with E-state index in [1.54, 1.807) is 12.1 Å². The Morgan fingerprint density at radius 2 is 1.71 bits per heavy atom. The minimum absolute atomic E-state index is 0.177.